The first kappa shape index (κ1) is 7.10. The third-order valence-electron chi connectivity index (χ3n) is 0.552. The van der Waals surface area contributed by atoms with Crippen LogP contribution >= 0.6 is 0 Å². The van der Waals surface area contributed by atoms with E-state index in [0.717, 1.165) is 0 Å². The molecule has 2 atom stereocenters. The van der Waals surface area contributed by atoms with Crippen molar-refractivity contribution in [3.8, 4) is 0 Å². The lowest BCUT2D eigenvalue weighted by Crippen LogP contribution is -2.28. The third kappa shape index (κ3) is 2.75. The molecule has 0 aliphatic rings. The van der Waals surface area contributed by atoms with Gasteiger partial charge in [0.05, 0.1) is 28.7 Å². The van der Waals surface area contributed by atoms with Crippen molar-refractivity contribution in [2.24, 2.45) is 0 Å². The summed E-state index contributed by atoms with van der Waals surface area (Å²) < 4.78 is 0. The molecular weight excluding hydrogens is 112 g/mol. The van der Waals surface area contributed by atoms with E-state index in [9.17, 15) is 0 Å². The molecule has 0 aromatic heterocycles. The summed E-state index contributed by atoms with van der Waals surface area (Å²) in [6.45, 7) is -0.426. The molecule has 0 rings (SSSR count). The molecule has 4 heteroatoms. The molecule has 0 aromatic carbocycles. The van der Waals surface area contributed by atoms with Gasteiger partial charge < -0.3 is 15.3 Å². The van der Waals surface area contributed by atoms with Crippen molar-refractivity contribution in [1.82, 2.24) is 0 Å². The van der Waals surface area contributed by atoms with E-state index >= 15 is 0 Å². The van der Waals surface area contributed by atoms with Crippen LogP contribution in [0, 0.1) is 0 Å². The van der Waals surface area contributed by atoms with Crippen LogP contribution in [0.4, 0.5) is 0 Å². The summed E-state index contributed by atoms with van der Waals surface area (Å²) >= 11 is 0. The minimum Gasteiger partial charge on any atom is -0.395 e. The van der Waals surface area contributed by atoms with Crippen LogP contribution in [0.15, 0.2) is 0 Å². The monoisotopic (exact) mass is 119 g/mol. The molecule has 0 aromatic rings. The van der Waals surface area contributed by atoms with Crippen LogP contribution in [0.3, 0.4) is 0 Å². The molecular formula is C3H7O3Si. The molecule has 0 bridgehead atoms. The van der Waals surface area contributed by atoms with E-state index in [2.05, 4.69) is 10.2 Å². The summed E-state index contributed by atoms with van der Waals surface area (Å²) in [6, 6.07) is 0. The average molecular weight is 119 g/mol. The van der Waals surface area contributed by atoms with Crippen LogP contribution in [0.5, 0.6) is 0 Å². The summed E-state index contributed by atoms with van der Waals surface area (Å²) in [7, 11) is 2.69. The minimum atomic E-state index is -1.07. The van der Waals surface area contributed by atoms with E-state index in [-0.39, 0.29) is 0 Å². The zero-order valence-corrected chi connectivity index (χ0v) is 4.70. The smallest absolute Gasteiger partial charge is 0.0991 e. The van der Waals surface area contributed by atoms with Crippen molar-refractivity contribution < 1.29 is 15.3 Å². The molecule has 0 amide bonds. The zero-order valence-electron chi connectivity index (χ0n) is 3.70. The second-order valence-electron chi connectivity index (χ2n) is 1.19. The van der Waals surface area contributed by atoms with Crippen molar-refractivity contribution in [2.45, 2.75) is 11.8 Å². The van der Waals surface area contributed by atoms with Gasteiger partial charge >= 0.3 is 0 Å². The van der Waals surface area contributed by atoms with Crippen molar-refractivity contribution in [2.75, 3.05) is 6.61 Å². The first-order chi connectivity index (χ1) is 3.18. The van der Waals surface area contributed by atoms with E-state index in [1.807, 2.05) is 0 Å². The highest BCUT2D eigenvalue weighted by molar-refractivity contribution is 6.11. The van der Waals surface area contributed by atoms with Gasteiger partial charge in [-0.05, 0) is 0 Å². The number of hydrogen-bond acceptors (Lipinski definition) is 3. The first-order valence-corrected chi connectivity index (χ1v) is 2.44. The molecule has 0 saturated carbocycles. The molecule has 3 nitrogen and oxygen atoms in total. The Labute approximate surface area is 45.0 Å². The quantitative estimate of drug-likeness (QED) is 0.362. The van der Waals surface area contributed by atoms with Crippen molar-refractivity contribution in [3.63, 3.8) is 0 Å². The number of aliphatic hydroxyl groups excluding tert-OH is 3. The van der Waals surface area contributed by atoms with Crippen LogP contribution in [0.25, 0.3) is 0 Å². The van der Waals surface area contributed by atoms with Crippen LogP contribution < -0.4 is 0 Å². The van der Waals surface area contributed by atoms with Gasteiger partial charge in [0, 0.05) is 0 Å². The van der Waals surface area contributed by atoms with Gasteiger partial charge in [0.2, 0.25) is 0 Å². The Bertz CT molecular complexity index is 47.4. The van der Waals surface area contributed by atoms with E-state index in [4.69, 9.17) is 15.3 Å². The molecule has 0 saturated heterocycles. The molecule has 3 N–H and O–H groups in total. The molecule has 7 heavy (non-hydrogen) atoms. The highest BCUT2D eigenvalue weighted by Gasteiger charge is 2.06. The largest absolute Gasteiger partial charge is 0.395 e. The molecule has 0 spiro atoms. The molecule has 0 aliphatic heterocycles. The van der Waals surface area contributed by atoms with Crippen LogP contribution in [-0.2, 0) is 0 Å². The van der Waals surface area contributed by atoms with Crippen molar-refractivity contribution in [3.05, 3.63) is 0 Å². The Morgan fingerprint density at radius 2 is 1.86 bits per heavy atom. The average Bonchev–Trinajstić information content (AvgIpc) is 1.65. The fraction of sp³-hybridized carbons (Fsp3) is 1.00. The Kier molecular flexibility index (Phi) is 3.19. The van der Waals surface area contributed by atoms with Crippen LogP contribution in [0.2, 0.25) is 0 Å². The topological polar surface area (TPSA) is 60.7 Å². The Balaban J connectivity index is 3.14. The Morgan fingerprint density at radius 1 is 1.43 bits per heavy atom. The maximum atomic E-state index is 8.39. The fourth-order valence-electron chi connectivity index (χ4n) is 0.0998. The van der Waals surface area contributed by atoms with E-state index in [1.54, 1.807) is 0 Å². The van der Waals surface area contributed by atoms with Gasteiger partial charge in [-0.15, -0.1) is 0 Å². The third-order valence-corrected chi connectivity index (χ3v) is 0.936. The predicted octanol–water partition coefficient (Wildman–Crippen LogP) is -2.17. The second-order valence-corrected chi connectivity index (χ2v) is 1.79. The maximum absolute atomic E-state index is 8.39. The highest BCUT2D eigenvalue weighted by atomic mass is 28.1. The number of aliphatic hydroxyl groups is 3. The van der Waals surface area contributed by atoms with E-state index in [1.165, 1.54) is 0 Å². The SMILES string of the molecule is OC[C@H](O)C(O)[Si]. The molecule has 0 heterocycles. The first-order valence-electron chi connectivity index (χ1n) is 1.86. The molecule has 3 radical (unpaired) electrons. The predicted molar refractivity (Wildman–Crippen MR) is 24.9 cm³/mol. The number of rotatable bonds is 2. The summed E-state index contributed by atoms with van der Waals surface area (Å²) in [5, 5.41) is 24.8. The van der Waals surface area contributed by atoms with Gasteiger partial charge in [-0.2, -0.15) is 0 Å². The summed E-state index contributed by atoms with van der Waals surface area (Å²) in [6.07, 6.45) is -1.07. The Hall–Kier alpha value is 0.0969. The molecule has 1 unspecified atom stereocenters. The normalized spacial score (nSPS) is 18.9. The van der Waals surface area contributed by atoms with Gasteiger partial charge in [0.15, 0.2) is 0 Å². The molecule has 0 fully saturated rings. The standard InChI is InChI=1S/C3H7O3Si/c4-1-2(5)3(6)7/h2-6H,1H2/t2-,3?/m0/s1. The lowest BCUT2D eigenvalue weighted by atomic mass is 10.4. The number of hydrogen-bond donors (Lipinski definition) is 3. The summed E-state index contributed by atoms with van der Waals surface area (Å²) in [4.78, 5) is 0. The van der Waals surface area contributed by atoms with Crippen molar-refractivity contribution in [1.29, 1.82) is 0 Å². The lowest BCUT2D eigenvalue weighted by Gasteiger charge is -2.07. The highest BCUT2D eigenvalue weighted by Crippen LogP contribution is 1.83. The van der Waals surface area contributed by atoms with Gasteiger partial charge in [-0.25, -0.2) is 0 Å². The minimum absolute atomic E-state index is 0.426. The maximum Gasteiger partial charge on any atom is 0.0991 e. The molecule has 41 valence electrons. The second kappa shape index (κ2) is 3.14. The van der Waals surface area contributed by atoms with Crippen molar-refractivity contribution >= 4 is 10.2 Å². The van der Waals surface area contributed by atoms with Crippen LogP contribution in [-0.4, -0.2) is 44.0 Å². The molecule has 0 aliphatic carbocycles. The van der Waals surface area contributed by atoms with Gasteiger partial charge in [-0.3, -0.25) is 0 Å². The van der Waals surface area contributed by atoms with Crippen LogP contribution in [0.1, 0.15) is 0 Å². The van der Waals surface area contributed by atoms with E-state index < -0.39 is 18.4 Å². The van der Waals surface area contributed by atoms with E-state index in [0.29, 0.717) is 0 Å². The summed E-state index contributed by atoms with van der Waals surface area (Å²) in [5.74, 6) is 0. The zero-order chi connectivity index (χ0) is 5.86. The fourth-order valence-corrected chi connectivity index (χ4v) is 0.205. The summed E-state index contributed by atoms with van der Waals surface area (Å²) in [5.41, 5.74) is -1.02. The lowest BCUT2D eigenvalue weighted by molar-refractivity contribution is 0.0247. The Morgan fingerprint density at radius 3 is 1.86 bits per heavy atom. The van der Waals surface area contributed by atoms with Gasteiger partial charge in [0.1, 0.15) is 0 Å². The van der Waals surface area contributed by atoms with Gasteiger partial charge in [-0.1, -0.05) is 0 Å². The van der Waals surface area contributed by atoms with Gasteiger partial charge in [0.25, 0.3) is 0 Å².